The van der Waals surface area contributed by atoms with Crippen LogP contribution in [0.15, 0.2) is 49.6 Å². The number of aliphatic hydroxyl groups is 2. The van der Waals surface area contributed by atoms with Gasteiger partial charge in [-0.1, -0.05) is 39.1 Å². The summed E-state index contributed by atoms with van der Waals surface area (Å²) in [6.45, 7) is 17.8. The fraction of sp³-hybridized carbons (Fsp3) is 0.419. The smallest absolute Gasteiger partial charge is 0.335 e. The van der Waals surface area contributed by atoms with Crippen LogP contribution in [0.5, 0.6) is 34.5 Å². The normalized spacial score (nSPS) is 12.5. The molecule has 0 aliphatic rings. The topological polar surface area (TPSA) is 130 Å². The monoisotopic (exact) mass is 572 g/mol. The van der Waals surface area contributed by atoms with Gasteiger partial charge in [-0.15, -0.1) is 0 Å². The maximum atomic E-state index is 12.1. The van der Waals surface area contributed by atoms with E-state index in [0.29, 0.717) is 22.6 Å². The fourth-order valence-electron chi connectivity index (χ4n) is 3.94. The first kappa shape index (κ1) is 33.2. The van der Waals surface area contributed by atoms with Gasteiger partial charge in [0.1, 0.15) is 13.2 Å². The van der Waals surface area contributed by atoms with Gasteiger partial charge in [-0.05, 0) is 39.8 Å². The summed E-state index contributed by atoms with van der Waals surface area (Å²) in [6, 6.07) is 6.63. The minimum atomic E-state index is -0.872. The molecule has 2 aromatic rings. The fourth-order valence-corrected chi connectivity index (χ4v) is 3.94. The first-order valence-electron chi connectivity index (χ1n) is 13.3. The van der Waals surface area contributed by atoms with Crippen LogP contribution in [0.25, 0.3) is 0 Å². The van der Waals surface area contributed by atoms with Crippen LogP contribution in [0.3, 0.4) is 0 Å². The second-order valence-corrected chi connectivity index (χ2v) is 9.60. The molecule has 41 heavy (non-hydrogen) atoms. The molecule has 0 aliphatic heterocycles. The number of esters is 2. The van der Waals surface area contributed by atoms with Gasteiger partial charge in [0.25, 0.3) is 0 Å². The van der Waals surface area contributed by atoms with Gasteiger partial charge in [0.15, 0.2) is 23.0 Å². The summed E-state index contributed by atoms with van der Waals surface area (Å²) in [5.41, 5.74) is 0.399. The maximum Gasteiger partial charge on any atom is 0.335 e. The molecule has 0 aromatic heterocycles. The number of hydrogen-bond donors (Lipinski definition) is 2. The summed E-state index contributed by atoms with van der Waals surface area (Å²) < 4.78 is 34.8. The highest BCUT2D eigenvalue weighted by atomic mass is 16.6. The Labute approximate surface area is 241 Å². The number of rotatable bonds is 16. The lowest BCUT2D eigenvalue weighted by atomic mass is 9.76. The molecule has 0 saturated heterocycles. The molecule has 0 saturated carbocycles. The van der Waals surface area contributed by atoms with Crippen LogP contribution in [0, 0.1) is 0 Å². The van der Waals surface area contributed by atoms with Crippen molar-refractivity contribution in [2.24, 2.45) is 0 Å². The van der Waals surface area contributed by atoms with E-state index >= 15 is 0 Å². The van der Waals surface area contributed by atoms with Crippen molar-refractivity contribution in [1.29, 1.82) is 0 Å². The zero-order valence-corrected chi connectivity index (χ0v) is 24.5. The third-order valence-corrected chi connectivity index (χ3v) is 5.77. The third-order valence-electron chi connectivity index (χ3n) is 5.77. The molecule has 0 aliphatic carbocycles. The zero-order chi connectivity index (χ0) is 30.7. The molecule has 224 valence electrons. The lowest BCUT2D eigenvalue weighted by Gasteiger charge is -2.32. The summed E-state index contributed by atoms with van der Waals surface area (Å²) in [5.74, 6) is -0.337. The van der Waals surface area contributed by atoms with Crippen molar-refractivity contribution < 1.29 is 48.2 Å². The quantitative estimate of drug-likeness (QED) is 0.168. The van der Waals surface area contributed by atoms with Gasteiger partial charge in [-0.25, -0.2) is 9.59 Å². The molecule has 0 bridgehead atoms. The molecule has 2 aromatic carbocycles. The van der Waals surface area contributed by atoms with Crippen LogP contribution in [0.2, 0.25) is 0 Å². The first-order valence-corrected chi connectivity index (χ1v) is 13.3. The van der Waals surface area contributed by atoms with E-state index < -0.39 is 29.6 Å². The van der Waals surface area contributed by atoms with E-state index in [0.717, 1.165) is 12.2 Å². The van der Waals surface area contributed by atoms with Crippen LogP contribution in [-0.4, -0.2) is 60.8 Å². The van der Waals surface area contributed by atoms with Crippen molar-refractivity contribution in [3.05, 3.63) is 60.7 Å². The van der Waals surface area contributed by atoms with Gasteiger partial charge >= 0.3 is 11.9 Å². The molecule has 10 nitrogen and oxygen atoms in total. The van der Waals surface area contributed by atoms with Gasteiger partial charge in [-0.3, -0.25) is 0 Å². The lowest BCUT2D eigenvalue weighted by Crippen LogP contribution is -2.24. The van der Waals surface area contributed by atoms with Gasteiger partial charge in [-0.2, -0.15) is 0 Å². The summed E-state index contributed by atoms with van der Waals surface area (Å²) in [6.07, 6.45) is 0.433. The van der Waals surface area contributed by atoms with E-state index in [1.807, 2.05) is 13.8 Å². The van der Waals surface area contributed by atoms with Gasteiger partial charge in [0.2, 0.25) is 11.5 Å². The van der Waals surface area contributed by atoms with Gasteiger partial charge < -0.3 is 38.6 Å². The van der Waals surface area contributed by atoms with Crippen molar-refractivity contribution in [3.63, 3.8) is 0 Å². The van der Waals surface area contributed by atoms with Crippen LogP contribution in [0.4, 0.5) is 0 Å². The minimum Gasteiger partial charge on any atom is -0.490 e. The van der Waals surface area contributed by atoms with Gasteiger partial charge in [0.05, 0.1) is 25.4 Å². The van der Waals surface area contributed by atoms with Crippen LogP contribution in [0.1, 0.15) is 52.7 Å². The molecule has 2 rings (SSSR count). The molecule has 0 heterocycles. The second-order valence-electron chi connectivity index (χ2n) is 9.60. The highest BCUT2D eigenvalue weighted by molar-refractivity contribution is 5.85. The number of carbonyl (C=O) groups is 2. The Morgan fingerprint density at radius 2 is 1.10 bits per heavy atom. The highest BCUT2D eigenvalue weighted by Crippen LogP contribution is 2.52. The number of carbonyl (C=O) groups excluding carboxylic acids is 2. The maximum absolute atomic E-state index is 12.1. The summed E-state index contributed by atoms with van der Waals surface area (Å²) in [7, 11) is 0. The standard InChI is InChI=1S/C31H40O10/c1-9-25(34)40-23-15-13-21(27(36-11-3)29(23)38-17-19(5)32)31(7,8)22-14-16-24(41-26(35)10-2)30(28(22)37-12-4)39-18-20(6)33/h9-10,13-16,19-20,32-33H,1-2,11-12,17-18H2,3-8H3. The molecule has 0 radical (unpaired) electrons. The van der Waals surface area contributed by atoms with Crippen LogP contribution in [-0.2, 0) is 15.0 Å². The highest BCUT2D eigenvalue weighted by Gasteiger charge is 2.35. The number of hydrogen-bond acceptors (Lipinski definition) is 10. The summed E-state index contributed by atoms with van der Waals surface area (Å²) in [5, 5.41) is 19.8. The Bertz CT molecular complexity index is 1140. The number of aliphatic hydroxyl groups excluding tert-OH is 2. The van der Waals surface area contributed by atoms with Crippen molar-refractivity contribution in [2.45, 2.75) is 59.2 Å². The van der Waals surface area contributed by atoms with Crippen molar-refractivity contribution in [1.82, 2.24) is 0 Å². The summed E-state index contributed by atoms with van der Waals surface area (Å²) >= 11 is 0. The molecule has 0 fully saturated rings. The SMILES string of the molecule is C=CC(=O)Oc1ccc(C(C)(C)c2ccc(OC(=O)C=C)c(OCC(C)O)c2OCC)c(OCC)c1OCC(C)O. The third kappa shape index (κ3) is 8.48. The molecule has 2 atom stereocenters. The average molecular weight is 573 g/mol. The lowest BCUT2D eigenvalue weighted by molar-refractivity contribution is -0.130. The Morgan fingerprint density at radius 3 is 1.39 bits per heavy atom. The number of benzene rings is 2. The Morgan fingerprint density at radius 1 is 0.732 bits per heavy atom. The van der Waals surface area contributed by atoms with E-state index in [4.69, 9.17) is 28.4 Å². The minimum absolute atomic E-state index is 0.0898. The van der Waals surface area contributed by atoms with Crippen molar-refractivity contribution in [2.75, 3.05) is 26.4 Å². The second kappa shape index (κ2) is 15.1. The zero-order valence-electron chi connectivity index (χ0n) is 24.5. The van der Waals surface area contributed by atoms with Gasteiger partial charge in [0, 0.05) is 28.7 Å². The molecule has 10 heteroatoms. The largest absolute Gasteiger partial charge is 0.490 e. The molecular weight excluding hydrogens is 532 g/mol. The Hall–Kier alpha value is -4.02. The van der Waals surface area contributed by atoms with E-state index in [2.05, 4.69) is 13.2 Å². The average Bonchev–Trinajstić information content (AvgIpc) is 2.91. The molecule has 0 amide bonds. The Balaban J connectivity index is 2.86. The van der Waals surface area contributed by atoms with Crippen molar-refractivity contribution >= 4 is 11.9 Å². The predicted octanol–water partition coefficient (Wildman–Crippen LogP) is 4.51. The Kier molecular flexibility index (Phi) is 12.2. The first-order chi connectivity index (χ1) is 19.4. The predicted molar refractivity (Wildman–Crippen MR) is 153 cm³/mol. The van der Waals surface area contributed by atoms with E-state index in [-0.39, 0.29) is 49.4 Å². The van der Waals surface area contributed by atoms with Crippen LogP contribution < -0.4 is 28.4 Å². The van der Waals surface area contributed by atoms with Crippen molar-refractivity contribution in [3.8, 4) is 34.5 Å². The number of ether oxygens (including phenoxy) is 6. The molecular formula is C31H40O10. The van der Waals surface area contributed by atoms with E-state index in [1.54, 1.807) is 52.0 Å². The van der Waals surface area contributed by atoms with E-state index in [1.165, 1.54) is 0 Å². The summed E-state index contributed by atoms with van der Waals surface area (Å²) in [4.78, 5) is 24.1. The van der Waals surface area contributed by atoms with E-state index in [9.17, 15) is 19.8 Å². The molecule has 2 unspecified atom stereocenters. The molecule has 2 N–H and O–H groups in total. The van der Waals surface area contributed by atoms with Crippen LogP contribution >= 0.6 is 0 Å². The molecule has 0 spiro atoms.